The van der Waals surface area contributed by atoms with Crippen LogP contribution in [0, 0.1) is 0 Å². The Bertz CT molecular complexity index is 590. The van der Waals surface area contributed by atoms with E-state index in [1.165, 1.54) is 38.1 Å². The fourth-order valence-electron chi connectivity index (χ4n) is 1.95. The molecule has 0 aliphatic carbocycles. The van der Waals surface area contributed by atoms with E-state index < -0.39 is 17.6 Å². The summed E-state index contributed by atoms with van der Waals surface area (Å²) in [5.74, 6) is 0. The zero-order chi connectivity index (χ0) is 16.0. The molecule has 0 fully saturated rings. The molecule has 0 heterocycles. The summed E-state index contributed by atoms with van der Waals surface area (Å²) in [6.45, 7) is 2.27. The molecule has 22 heavy (non-hydrogen) atoms. The molecule has 0 atom stereocenters. The van der Waals surface area contributed by atoms with Crippen LogP contribution in [0.3, 0.4) is 0 Å². The molecule has 4 heteroatoms. The fourth-order valence-corrected chi connectivity index (χ4v) is 4.56. The fraction of sp³-hybridized carbons (Fsp3) is 0.222. The van der Waals surface area contributed by atoms with Crippen LogP contribution < -0.4 is 10.6 Å². The Balaban J connectivity index is 0.000000422. The van der Waals surface area contributed by atoms with Crippen molar-refractivity contribution in [1.82, 2.24) is 0 Å². The molecule has 2 aromatic carbocycles. The molecule has 0 spiro atoms. The average molecular weight is 493 g/mol. The van der Waals surface area contributed by atoms with Gasteiger partial charge < -0.3 is 0 Å². The Kier molecular flexibility index (Phi) is 10.5. The summed E-state index contributed by atoms with van der Waals surface area (Å²) in [5.41, 5.74) is 0. The number of benzene rings is 2. The van der Waals surface area contributed by atoms with Gasteiger partial charge in [-0.3, -0.25) is 0 Å². The van der Waals surface area contributed by atoms with Crippen LogP contribution in [0.2, 0.25) is 0 Å². The molecule has 2 nitrogen and oxygen atoms in total. The summed E-state index contributed by atoms with van der Waals surface area (Å²) in [5, 5.41) is 3.00. The van der Waals surface area contributed by atoms with Crippen molar-refractivity contribution in [3.05, 3.63) is 60.7 Å². The SMILES string of the molecule is CCCCP(c1ccccc1)c1ccccc1.O=[C]=[Pt]=[C]=O. The molecule has 0 amide bonds. The molecule has 0 unspecified atom stereocenters. The summed E-state index contributed by atoms with van der Waals surface area (Å²) in [4.78, 5) is 18.1. The number of carbonyl (C=O) groups excluding carboxylic acids is 2. The van der Waals surface area contributed by atoms with Crippen molar-refractivity contribution in [1.29, 1.82) is 0 Å². The summed E-state index contributed by atoms with van der Waals surface area (Å²) in [6, 6.07) is 21.9. The van der Waals surface area contributed by atoms with Crippen molar-refractivity contribution in [3.8, 4) is 0 Å². The maximum absolute atomic E-state index is 9.07. The van der Waals surface area contributed by atoms with Crippen LogP contribution in [-0.2, 0) is 27.2 Å². The summed E-state index contributed by atoms with van der Waals surface area (Å²) >= 11 is -0.988. The predicted octanol–water partition coefficient (Wildman–Crippen LogP) is 3.12. The van der Waals surface area contributed by atoms with Gasteiger partial charge in [0.25, 0.3) is 0 Å². The molecule has 0 aliphatic rings. The van der Waals surface area contributed by atoms with E-state index in [0.29, 0.717) is 0 Å². The Labute approximate surface area is 140 Å². The quantitative estimate of drug-likeness (QED) is 0.601. The molecule has 0 radical (unpaired) electrons. The van der Waals surface area contributed by atoms with Crippen LogP contribution in [0.4, 0.5) is 0 Å². The van der Waals surface area contributed by atoms with Gasteiger partial charge in [0, 0.05) is 0 Å². The molecular formula is C18H19O2PPt. The van der Waals surface area contributed by atoms with Gasteiger partial charge in [0.05, 0.1) is 0 Å². The van der Waals surface area contributed by atoms with Crippen LogP contribution in [0.15, 0.2) is 60.7 Å². The van der Waals surface area contributed by atoms with E-state index in [1.807, 2.05) is 0 Å². The normalized spacial score (nSPS) is 9.55. The van der Waals surface area contributed by atoms with Gasteiger partial charge in [-0.1, -0.05) is 74.0 Å². The van der Waals surface area contributed by atoms with E-state index in [2.05, 4.69) is 67.6 Å². The maximum atomic E-state index is 9.07. The standard InChI is InChI=1S/C16H19P.2CO.Pt/c1-2-3-14-17(15-10-6-4-7-11-15)16-12-8-5-9-13-16;2*1-2;/h4-13H,2-3,14H2,1H3;;;. The van der Waals surface area contributed by atoms with Crippen LogP contribution in [-0.4, -0.2) is 14.7 Å². The second-order valence-electron chi connectivity index (χ2n) is 4.38. The van der Waals surface area contributed by atoms with E-state index in [9.17, 15) is 0 Å². The van der Waals surface area contributed by atoms with Crippen molar-refractivity contribution in [2.24, 2.45) is 0 Å². The zero-order valence-corrected chi connectivity index (χ0v) is 15.6. The number of hydrogen-bond acceptors (Lipinski definition) is 2. The van der Waals surface area contributed by atoms with Crippen LogP contribution in [0.25, 0.3) is 0 Å². The first-order valence-corrected chi connectivity index (χ1v) is 10.8. The van der Waals surface area contributed by atoms with Crippen LogP contribution in [0.1, 0.15) is 19.8 Å². The summed E-state index contributed by atoms with van der Waals surface area (Å²) < 4.78 is 2.91. The average Bonchev–Trinajstić information content (AvgIpc) is 2.58. The number of unbranched alkanes of at least 4 members (excludes halogenated alkanes) is 1. The first-order chi connectivity index (χ1) is 10.8. The monoisotopic (exact) mass is 493 g/mol. The molecule has 2 aromatic rings. The van der Waals surface area contributed by atoms with Crippen molar-refractivity contribution in [2.75, 3.05) is 6.16 Å². The van der Waals surface area contributed by atoms with Gasteiger partial charge in [0.15, 0.2) is 0 Å². The zero-order valence-electron chi connectivity index (χ0n) is 12.5. The van der Waals surface area contributed by atoms with Crippen molar-refractivity contribution < 1.29 is 27.2 Å². The van der Waals surface area contributed by atoms with Crippen molar-refractivity contribution in [3.63, 3.8) is 0 Å². The van der Waals surface area contributed by atoms with E-state index >= 15 is 0 Å². The van der Waals surface area contributed by atoms with E-state index in [-0.39, 0.29) is 7.92 Å². The third-order valence-electron chi connectivity index (χ3n) is 2.94. The predicted molar refractivity (Wildman–Crippen MR) is 90.2 cm³/mol. The van der Waals surface area contributed by atoms with E-state index in [0.717, 1.165) is 0 Å². The number of hydrogen-bond donors (Lipinski definition) is 0. The van der Waals surface area contributed by atoms with Gasteiger partial charge in [-0.05, 0) is 31.1 Å². The topological polar surface area (TPSA) is 34.1 Å². The Morgan fingerprint density at radius 3 is 1.64 bits per heavy atom. The van der Waals surface area contributed by atoms with Gasteiger partial charge in [-0.25, -0.2) is 0 Å². The Morgan fingerprint density at radius 1 is 0.864 bits per heavy atom. The van der Waals surface area contributed by atoms with Crippen molar-refractivity contribution in [2.45, 2.75) is 19.8 Å². The first kappa shape index (κ1) is 18.8. The second-order valence-corrected chi connectivity index (χ2v) is 8.22. The first-order valence-electron chi connectivity index (χ1n) is 7.02. The molecule has 0 N–H and O–H groups in total. The minimum atomic E-state index is -0.988. The van der Waals surface area contributed by atoms with Crippen LogP contribution >= 0.6 is 7.92 Å². The number of rotatable bonds is 5. The molecule has 118 valence electrons. The second kappa shape index (κ2) is 12.3. The molecule has 0 saturated heterocycles. The van der Waals surface area contributed by atoms with Gasteiger partial charge in [-0.2, -0.15) is 0 Å². The molecular weight excluding hydrogens is 474 g/mol. The van der Waals surface area contributed by atoms with Gasteiger partial charge in [0.1, 0.15) is 0 Å². The van der Waals surface area contributed by atoms with Gasteiger partial charge in [-0.15, -0.1) is 0 Å². The Morgan fingerprint density at radius 2 is 1.32 bits per heavy atom. The summed E-state index contributed by atoms with van der Waals surface area (Å²) in [6.07, 6.45) is 3.90. The third kappa shape index (κ3) is 7.13. The molecule has 0 bridgehead atoms. The molecule has 2 rings (SSSR count). The summed E-state index contributed by atoms with van der Waals surface area (Å²) in [7, 11) is -0.157. The molecule has 0 aliphatic heterocycles. The van der Waals surface area contributed by atoms with E-state index in [4.69, 9.17) is 9.59 Å². The Hall–Kier alpha value is -1.28. The minimum absolute atomic E-state index is 0.157. The third-order valence-corrected chi connectivity index (χ3v) is 6.01. The van der Waals surface area contributed by atoms with Gasteiger partial charge in [0.2, 0.25) is 0 Å². The van der Waals surface area contributed by atoms with Gasteiger partial charge >= 0.3 is 35.8 Å². The van der Waals surface area contributed by atoms with Crippen molar-refractivity contribution >= 4 is 27.1 Å². The molecule has 0 saturated carbocycles. The van der Waals surface area contributed by atoms with Crippen LogP contribution in [0.5, 0.6) is 0 Å². The molecule has 0 aromatic heterocycles. The van der Waals surface area contributed by atoms with E-state index in [1.54, 1.807) is 0 Å².